The number of hydrogen-bond acceptors (Lipinski definition) is 2. The second-order valence-corrected chi connectivity index (χ2v) is 5.74. The molecule has 1 amide bonds. The maximum absolute atomic E-state index is 11.9. The zero-order valence-electron chi connectivity index (χ0n) is 12.1. The lowest BCUT2D eigenvalue weighted by Gasteiger charge is -2.24. The third-order valence-corrected chi connectivity index (χ3v) is 3.06. The Morgan fingerprint density at radius 3 is 2.24 bits per heavy atom. The van der Waals surface area contributed by atoms with Crippen molar-refractivity contribution >= 4 is 5.91 Å². The third kappa shape index (κ3) is 7.37. The SMILES string of the molecule is CCCCC(NC(=O)C(N)CC(C)C)C(C)C. The van der Waals surface area contributed by atoms with E-state index in [0.717, 1.165) is 25.7 Å². The molecule has 0 bridgehead atoms. The summed E-state index contributed by atoms with van der Waals surface area (Å²) in [5, 5.41) is 3.09. The monoisotopic (exact) mass is 242 g/mol. The lowest BCUT2D eigenvalue weighted by atomic mass is 9.97. The van der Waals surface area contributed by atoms with E-state index in [0.29, 0.717) is 11.8 Å². The summed E-state index contributed by atoms with van der Waals surface area (Å²) < 4.78 is 0. The molecule has 102 valence electrons. The number of nitrogens with one attached hydrogen (secondary N) is 1. The predicted molar refractivity (Wildman–Crippen MR) is 73.7 cm³/mol. The lowest BCUT2D eigenvalue weighted by molar-refractivity contribution is -0.123. The van der Waals surface area contributed by atoms with Crippen LogP contribution in [0.2, 0.25) is 0 Å². The molecule has 3 N–H and O–H groups in total. The average Bonchev–Trinajstić information content (AvgIpc) is 2.22. The molecule has 0 spiro atoms. The summed E-state index contributed by atoms with van der Waals surface area (Å²) in [5.74, 6) is 0.939. The van der Waals surface area contributed by atoms with E-state index in [1.165, 1.54) is 0 Å². The third-order valence-electron chi connectivity index (χ3n) is 3.06. The number of hydrogen-bond donors (Lipinski definition) is 2. The fraction of sp³-hybridized carbons (Fsp3) is 0.929. The zero-order valence-corrected chi connectivity index (χ0v) is 12.1. The summed E-state index contributed by atoms with van der Waals surface area (Å²) in [6.07, 6.45) is 4.12. The molecule has 0 radical (unpaired) electrons. The molecule has 3 nitrogen and oxygen atoms in total. The second kappa shape index (κ2) is 8.51. The van der Waals surface area contributed by atoms with Crippen LogP contribution in [-0.4, -0.2) is 18.0 Å². The lowest BCUT2D eigenvalue weighted by Crippen LogP contribution is -2.47. The normalized spacial score (nSPS) is 15.1. The van der Waals surface area contributed by atoms with Crippen molar-refractivity contribution in [2.75, 3.05) is 0 Å². The van der Waals surface area contributed by atoms with Crippen molar-refractivity contribution in [3.63, 3.8) is 0 Å². The largest absolute Gasteiger partial charge is 0.352 e. The Labute approximate surface area is 107 Å². The average molecular weight is 242 g/mol. The summed E-state index contributed by atoms with van der Waals surface area (Å²) >= 11 is 0. The van der Waals surface area contributed by atoms with Crippen LogP contribution in [0.1, 0.15) is 60.3 Å². The number of nitrogens with two attached hydrogens (primary N) is 1. The molecule has 3 heteroatoms. The van der Waals surface area contributed by atoms with Gasteiger partial charge in [-0.15, -0.1) is 0 Å². The van der Waals surface area contributed by atoms with Crippen molar-refractivity contribution in [3.05, 3.63) is 0 Å². The van der Waals surface area contributed by atoms with E-state index in [-0.39, 0.29) is 18.0 Å². The van der Waals surface area contributed by atoms with Crippen molar-refractivity contribution in [1.82, 2.24) is 5.32 Å². The fourth-order valence-electron chi connectivity index (χ4n) is 1.90. The summed E-state index contributed by atoms with van der Waals surface area (Å²) in [4.78, 5) is 11.9. The molecule has 0 aromatic rings. The number of rotatable bonds is 8. The van der Waals surface area contributed by atoms with Gasteiger partial charge >= 0.3 is 0 Å². The van der Waals surface area contributed by atoms with E-state index in [1.54, 1.807) is 0 Å². The highest BCUT2D eigenvalue weighted by molar-refractivity contribution is 5.81. The van der Waals surface area contributed by atoms with Crippen LogP contribution in [0, 0.1) is 11.8 Å². The fourth-order valence-corrected chi connectivity index (χ4v) is 1.90. The quantitative estimate of drug-likeness (QED) is 0.687. The first kappa shape index (κ1) is 16.4. The van der Waals surface area contributed by atoms with Gasteiger partial charge < -0.3 is 11.1 Å². The molecule has 0 fully saturated rings. The van der Waals surface area contributed by atoms with Crippen molar-refractivity contribution in [1.29, 1.82) is 0 Å². The summed E-state index contributed by atoms with van der Waals surface area (Å²) in [6, 6.07) is -0.0986. The minimum Gasteiger partial charge on any atom is -0.352 e. The highest BCUT2D eigenvalue weighted by atomic mass is 16.2. The highest BCUT2D eigenvalue weighted by Gasteiger charge is 2.20. The van der Waals surface area contributed by atoms with Gasteiger partial charge in [0.2, 0.25) is 5.91 Å². The van der Waals surface area contributed by atoms with Gasteiger partial charge in [-0.2, -0.15) is 0 Å². The van der Waals surface area contributed by atoms with Crippen LogP contribution < -0.4 is 11.1 Å². The number of carbonyl (C=O) groups is 1. The van der Waals surface area contributed by atoms with Crippen LogP contribution in [0.5, 0.6) is 0 Å². The van der Waals surface area contributed by atoms with Crippen LogP contribution in [-0.2, 0) is 4.79 Å². The number of carbonyl (C=O) groups excluding carboxylic acids is 1. The molecule has 0 aliphatic heterocycles. The van der Waals surface area contributed by atoms with Gasteiger partial charge in [0.15, 0.2) is 0 Å². The van der Waals surface area contributed by atoms with E-state index in [2.05, 4.69) is 39.9 Å². The van der Waals surface area contributed by atoms with Crippen LogP contribution in [0.4, 0.5) is 0 Å². The molecule has 17 heavy (non-hydrogen) atoms. The maximum atomic E-state index is 11.9. The first-order valence-electron chi connectivity index (χ1n) is 6.94. The number of amides is 1. The predicted octanol–water partition coefficient (Wildman–Crippen LogP) is 2.69. The van der Waals surface area contributed by atoms with Gasteiger partial charge in [-0.05, 0) is 24.7 Å². The van der Waals surface area contributed by atoms with Gasteiger partial charge in [0.1, 0.15) is 0 Å². The van der Waals surface area contributed by atoms with Crippen LogP contribution in [0.15, 0.2) is 0 Å². The zero-order chi connectivity index (χ0) is 13.4. The van der Waals surface area contributed by atoms with Crippen molar-refractivity contribution in [2.24, 2.45) is 17.6 Å². The molecule has 0 aromatic heterocycles. The van der Waals surface area contributed by atoms with Crippen molar-refractivity contribution in [3.8, 4) is 0 Å². The van der Waals surface area contributed by atoms with Crippen molar-refractivity contribution in [2.45, 2.75) is 72.4 Å². The summed E-state index contributed by atoms with van der Waals surface area (Å²) in [6.45, 7) is 10.6. The van der Waals surface area contributed by atoms with E-state index in [1.807, 2.05) is 0 Å². The van der Waals surface area contributed by atoms with Gasteiger partial charge in [0, 0.05) is 6.04 Å². The van der Waals surface area contributed by atoms with Gasteiger partial charge in [0.25, 0.3) is 0 Å². The van der Waals surface area contributed by atoms with Crippen LogP contribution in [0.3, 0.4) is 0 Å². The molecule has 0 heterocycles. The maximum Gasteiger partial charge on any atom is 0.237 e. The smallest absolute Gasteiger partial charge is 0.237 e. The molecule has 0 aliphatic rings. The second-order valence-electron chi connectivity index (χ2n) is 5.74. The van der Waals surface area contributed by atoms with Gasteiger partial charge in [-0.3, -0.25) is 4.79 Å². The Bertz CT molecular complexity index is 214. The minimum atomic E-state index is -0.363. The molecule has 0 saturated carbocycles. The van der Waals surface area contributed by atoms with Crippen LogP contribution in [0.25, 0.3) is 0 Å². The molecule has 2 atom stereocenters. The molecule has 2 unspecified atom stereocenters. The Balaban J connectivity index is 4.19. The Kier molecular flexibility index (Phi) is 8.23. The summed E-state index contributed by atoms with van der Waals surface area (Å²) in [5.41, 5.74) is 5.88. The van der Waals surface area contributed by atoms with Gasteiger partial charge in [-0.1, -0.05) is 47.5 Å². The van der Waals surface area contributed by atoms with E-state index >= 15 is 0 Å². The molecular weight excluding hydrogens is 212 g/mol. The first-order valence-corrected chi connectivity index (χ1v) is 6.94. The summed E-state index contributed by atoms with van der Waals surface area (Å²) in [7, 11) is 0. The molecule has 0 aliphatic carbocycles. The van der Waals surface area contributed by atoms with Gasteiger partial charge in [0.05, 0.1) is 6.04 Å². The first-order chi connectivity index (χ1) is 7.88. The molecule has 0 aromatic carbocycles. The van der Waals surface area contributed by atoms with E-state index in [9.17, 15) is 4.79 Å². The Morgan fingerprint density at radius 1 is 1.24 bits per heavy atom. The van der Waals surface area contributed by atoms with E-state index in [4.69, 9.17) is 5.73 Å². The Morgan fingerprint density at radius 2 is 1.82 bits per heavy atom. The number of unbranched alkanes of at least 4 members (excludes halogenated alkanes) is 1. The van der Waals surface area contributed by atoms with E-state index < -0.39 is 0 Å². The van der Waals surface area contributed by atoms with Crippen molar-refractivity contribution < 1.29 is 4.79 Å². The Hall–Kier alpha value is -0.570. The molecular formula is C14H30N2O. The minimum absolute atomic E-state index is 0.00787. The standard InChI is InChI=1S/C14H30N2O/c1-6-7-8-13(11(4)5)16-14(17)12(15)9-10(2)3/h10-13H,6-9,15H2,1-5H3,(H,16,17). The highest BCUT2D eigenvalue weighted by Crippen LogP contribution is 2.11. The van der Waals surface area contributed by atoms with Gasteiger partial charge in [-0.25, -0.2) is 0 Å². The van der Waals surface area contributed by atoms with Crippen LogP contribution >= 0.6 is 0 Å². The molecule has 0 saturated heterocycles. The molecule has 0 rings (SSSR count). The topological polar surface area (TPSA) is 55.1 Å².